The lowest BCUT2D eigenvalue weighted by atomic mass is 10.0. The van der Waals surface area contributed by atoms with Gasteiger partial charge in [-0.2, -0.15) is 0 Å². The van der Waals surface area contributed by atoms with Crippen molar-refractivity contribution in [1.82, 2.24) is 0 Å². The molecule has 1 aromatic carbocycles. The van der Waals surface area contributed by atoms with E-state index >= 15 is 0 Å². The van der Waals surface area contributed by atoms with Crippen LogP contribution < -0.4 is 10.1 Å². The van der Waals surface area contributed by atoms with E-state index in [1.165, 1.54) is 5.56 Å². The Kier molecular flexibility index (Phi) is 2.93. The molecule has 16 heavy (non-hydrogen) atoms. The summed E-state index contributed by atoms with van der Waals surface area (Å²) in [5, 5.41) is 2.81. The van der Waals surface area contributed by atoms with Crippen molar-refractivity contribution in [3.63, 3.8) is 0 Å². The second-order valence-electron chi connectivity index (χ2n) is 4.56. The summed E-state index contributed by atoms with van der Waals surface area (Å²) in [5.74, 6) is 0.651. The average Bonchev–Trinajstić information content (AvgIpc) is 2.14. The minimum atomic E-state index is -0.0947. The average molecular weight is 284 g/mol. The summed E-state index contributed by atoms with van der Waals surface area (Å²) in [6.45, 7) is 4.33. The van der Waals surface area contributed by atoms with Crippen molar-refractivity contribution in [2.45, 2.75) is 24.6 Å². The number of hydrogen-bond acceptors (Lipinski definition) is 2. The fourth-order valence-electron chi connectivity index (χ4n) is 1.73. The van der Waals surface area contributed by atoms with Crippen LogP contribution >= 0.6 is 15.9 Å². The van der Waals surface area contributed by atoms with E-state index in [9.17, 15) is 4.79 Å². The molecule has 0 fully saturated rings. The molecule has 1 aromatic rings. The van der Waals surface area contributed by atoms with Crippen LogP contribution in [-0.2, 0) is 11.2 Å². The summed E-state index contributed by atoms with van der Waals surface area (Å²) in [6, 6.07) is 5.90. The summed E-state index contributed by atoms with van der Waals surface area (Å²) in [7, 11) is 0. The minimum absolute atomic E-state index is 0.0563. The highest BCUT2D eigenvalue weighted by atomic mass is 79.9. The minimum Gasteiger partial charge on any atom is -0.482 e. The highest BCUT2D eigenvalue weighted by Crippen LogP contribution is 2.31. The van der Waals surface area contributed by atoms with Gasteiger partial charge in [-0.1, -0.05) is 22.0 Å². The predicted molar refractivity (Wildman–Crippen MR) is 67.3 cm³/mol. The summed E-state index contributed by atoms with van der Waals surface area (Å²) in [6.07, 6.45) is 0.899. The van der Waals surface area contributed by atoms with Gasteiger partial charge < -0.3 is 10.1 Å². The van der Waals surface area contributed by atoms with Crippen LogP contribution in [0.15, 0.2) is 18.2 Å². The lowest BCUT2D eigenvalue weighted by molar-refractivity contribution is -0.118. The summed E-state index contributed by atoms with van der Waals surface area (Å²) in [4.78, 5) is 11.2. The van der Waals surface area contributed by atoms with E-state index in [1.807, 2.05) is 18.2 Å². The molecule has 86 valence electrons. The maximum absolute atomic E-state index is 11.2. The van der Waals surface area contributed by atoms with Gasteiger partial charge in [-0.3, -0.25) is 4.79 Å². The molecule has 0 saturated carbocycles. The number of fused-ring (bicyclic) bond motifs is 1. The third-order valence-electron chi connectivity index (χ3n) is 2.30. The molecule has 0 bridgehead atoms. The molecule has 2 rings (SSSR count). The van der Waals surface area contributed by atoms with Gasteiger partial charge in [0.15, 0.2) is 6.61 Å². The van der Waals surface area contributed by atoms with Gasteiger partial charge in [0.1, 0.15) is 5.75 Å². The number of halogens is 1. The van der Waals surface area contributed by atoms with Crippen molar-refractivity contribution in [2.75, 3.05) is 11.9 Å². The molecule has 4 heteroatoms. The quantitative estimate of drug-likeness (QED) is 0.848. The lowest BCUT2D eigenvalue weighted by Crippen LogP contribution is -2.25. The zero-order chi connectivity index (χ0) is 11.8. The van der Waals surface area contributed by atoms with Gasteiger partial charge in [-0.05, 0) is 38.0 Å². The molecule has 0 spiro atoms. The number of alkyl halides is 1. The number of carbonyl (C=O) groups excluding carboxylic acids is 1. The maximum Gasteiger partial charge on any atom is 0.262 e. The Hall–Kier alpha value is -1.03. The molecule has 0 aliphatic carbocycles. The van der Waals surface area contributed by atoms with Crippen LogP contribution in [0.1, 0.15) is 19.4 Å². The third kappa shape index (κ3) is 2.76. The zero-order valence-corrected chi connectivity index (χ0v) is 10.9. The van der Waals surface area contributed by atoms with Crippen LogP contribution in [0.5, 0.6) is 5.75 Å². The SMILES string of the molecule is CC(C)(Br)Cc1ccc2c(c1)NC(=O)CO2. The Morgan fingerprint density at radius 1 is 1.50 bits per heavy atom. The molecule has 1 aliphatic heterocycles. The van der Waals surface area contributed by atoms with Crippen LogP contribution in [0.4, 0.5) is 5.69 Å². The fraction of sp³-hybridized carbons (Fsp3) is 0.417. The normalized spacial score (nSPS) is 15.1. The van der Waals surface area contributed by atoms with Gasteiger partial charge in [0.25, 0.3) is 5.91 Å². The standard InChI is InChI=1S/C12H14BrNO2/c1-12(2,13)6-8-3-4-10-9(5-8)14-11(15)7-16-10/h3-5H,6-7H2,1-2H3,(H,14,15). The molecule has 1 heterocycles. The monoisotopic (exact) mass is 283 g/mol. The van der Waals surface area contributed by atoms with Crippen molar-refractivity contribution >= 4 is 27.5 Å². The van der Waals surface area contributed by atoms with Crippen molar-refractivity contribution in [2.24, 2.45) is 0 Å². The van der Waals surface area contributed by atoms with E-state index in [0.717, 1.165) is 17.9 Å². The van der Waals surface area contributed by atoms with Gasteiger partial charge in [0, 0.05) is 4.32 Å². The topological polar surface area (TPSA) is 38.3 Å². The molecule has 0 aromatic heterocycles. The Labute approximate surface area is 103 Å². The molecule has 1 N–H and O–H groups in total. The molecule has 1 aliphatic rings. The van der Waals surface area contributed by atoms with Crippen LogP contribution in [0.25, 0.3) is 0 Å². The summed E-state index contributed by atoms with van der Waals surface area (Å²) < 4.78 is 5.35. The number of benzene rings is 1. The molecule has 0 unspecified atom stereocenters. The maximum atomic E-state index is 11.2. The van der Waals surface area contributed by atoms with Crippen LogP contribution in [-0.4, -0.2) is 16.8 Å². The van der Waals surface area contributed by atoms with E-state index in [2.05, 4.69) is 35.1 Å². The molecule has 0 radical (unpaired) electrons. The van der Waals surface area contributed by atoms with E-state index in [-0.39, 0.29) is 16.8 Å². The molecule has 0 saturated heterocycles. The van der Waals surface area contributed by atoms with Crippen molar-refractivity contribution in [3.05, 3.63) is 23.8 Å². The Balaban J connectivity index is 2.24. The molecule has 1 amide bonds. The first-order chi connectivity index (χ1) is 7.44. The van der Waals surface area contributed by atoms with Crippen LogP contribution in [0, 0.1) is 0 Å². The van der Waals surface area contributed by atoms with Crippen molar-refractivity contribution in [1.29, 1.82) is 0 Å². The van der Waals surface area contributed by atoms with E-state index in [0.29, 0.717) is 0 Å². The van der Waals surface area contributed by atoms with Gasteiger partial charge >= 0.3 is 0 Å². The summed E-state index contributed by atoms with van der Waals surface area (Å²) >= 11 is 3.60. The number of hydrogen-bond donors (Lipinski definition) is 1. The molecule has 3 nitrogen and oxygen atoms in total. The van der Waals surface area contributed by atoms with E-state index < -0.39 is 0 Å². The number of carbonyl (C=O) groups is 1. The largest absolute Gasteiger partial charge is 0.482 e. The number of rotatable bonds is 2. The number of nitrogens with one attached hydrogen (secondary N) is 1. The third-order valence-corrected chi connectivity index (χ3v) is 2.58. The smallest absolute Gasteiger partial charge is 0.262 e. The molecular formula is C12H14BrNO2. The Morgan fingerprint density at radius 3 is 2.94 bits per heavy atom. The van der Waals surface area contributed by atoms with Crippen molar-refractivity contribution in [3.8, 4) is 5.75 Å². The Bertz CT molecular complexity index is 424. The first-order valence-electron chi connectivity index (χ1n) is 5.18. The van der Waals surface area contributed by atoms with Crippen LogP contribution in [0.2, 0.25) is 0 Å². The van der Waals surface area contributed by atoms with E-state index in [1.54, 1.807) is 0 Å². The van der Waals surface area contributed by atoms with Gasteiger partial charge in [0.2, 0.25) is 0 Å². The predicted octanol–water partition coefficient (Wildman–Crippen LogP) is 2.73. The van der Waals surface area contributed by atoms with Crippen LogP contribution in [0.3, 0.4) is 0 Å². The molecule has 0 atom stereocenters. The number of amides is 1. The second-order valence-corrected chi connectivity index (χ2v) is 6.71. The van der Waals surface area contributed by atoms with E-state index in [4.69, 9.17) is 4.74 Å². The highest BCUT2D eigenvalue weighted by Gasteiger charge is 2.18. The Morgan fingerprint density at radius 2 is 2.25 bits per heavy atom. The summed E-state index contributed by atoms with van der Waals surface area (Å²) in [5.41, 5.74) is 1.94. The van der Waals surface area contributed by atoms with Gasteiger partial charge in [0.05, 0.1) is 5.69 Å². The van der Waals surface area contributed by atoms with Gasteiger partial charge in [-0.15, -0.1) is 0 Å². The number of anilines is 1. The first-order valence-corrected chi connectivity index (χ1v) is 5.98. The second kappa shape index (κ2) is 4.09. The zero-order valence-electron chi connectivity index (χ0n) is 9.34. The lowest BCUT2D eigenvalue weighted by Gasteiger charge is -2.21. The number of ether oxygens (including phenoxy) is 1. The molecular weight excluding hydrogens is 270 g/mol. The van der Waals surface area contributed by atoms with Gasteiger partial charge in [-0.25, -0.2) is 0 Å². The fourth-order valence-corrected chi connectivity index (χ4v) is 2.05. The van der Waals surface area contributed by atoms with Crippen molar-refractivity contribution < 1.29 is 9.53 Å². The first kappa shape index (κ1) is 11.5. The highest BCUT2D eigenvalue weighted by molar-refractivity contribution is 9.10.